The number of benzene rings is 1. The number of hydrogen-bond acceptors (Lipinski definition) is 4. The molecule has 0 amide bonds. The first kappa shape index (κ1) is 12.3. The van der Waals surface area contributed by atoms with Crippen molar-refractivity contribution in [3.8, 4) is 5.75 Å². The zero-order valence-electron chi connectivity index (χ0n) is 10.7. The molecule has 18 heavy (non-hydrogen) atoms. The Hall–Kier alpha value is -2.17. The van der Waals surface area contributed by atoms with Crippen LogP contribution in [0.3, 0.4) is 0 Å². The minimum absolute atomic E-state index is 0.607. The molecule has 0 aliphatic heterocycles. The molecular formula is C13H18N4O. The van der Waals surface area contributed by atoms with Crippen molar-refractivity contribution < 1.29 is 4.74 Å². The molecule has 1 heterocycles. The first-order chi connectivity index (χ1) is 8.69. The number of aryl methyl sites for hydroxylation is 1. The highest BCUT2D eigenvalue weighted by Crippen LogP contribution is 2.25. The molecule has 5 heteroatoms. The number of nitrogen functional groups attached to an aromatic ring is 1. The molecule has 0 spiro atoms. The third-order valence-electron chi connectivity index (χ3n) is 2.57. The van der Waals surface area contributed by atoms with Crippen molar-refractivity contribution >= 4 is 11.4 Å². The number of aromatic nitrogens is 2. The third kappa shape index (κ3) is 2.94. The van der Waals surface area contributed by atoms with Crippen LogP contribution in [-0.4, -0.2) is 16.4 Å². The Labute approximate surface area is 107 Å². The lowest BCUT2D eigenvalue weighted by molar-refractivity contribution is 0.342. The van der Waals surface area contributed by atoms with Crippen molar-refractivity contribution in [1.82, 2.24) is 9.78 Å². The number of nitrogens with one attached hydrogen (secondary N) is 1. The van der Waals surface area contributed by atoms with Gasteiger partial charge in [-0.3, -0.25) is 4.68 Å². The predicted molar refractivity (Wildman–Crippen MR) is 72.6 cm³/mol. The lowest BCUT2D eigenvalue weighted by Crippen LogP contribution is -2.01. The molecule has 1 aromatic carbocycles. The van der Waals surface area contributed by atoms with Crippen LogP contribution in [0.1, 0.15) is 12.5 Å². The summed E-state index contributed by atoms with van der Waals surface area (Å²) in [4.78, 5) is 0. The monoisotopic (exact) mass is 246 g/mol. The zero-order chi connectivity index (χ0) is 13.0. The second-order valence-corrected chi connectivity index (χ2v) is 4.06. The lowest BCUT2D eigenvalue weighted by atomic mass is 10.2. The summed E-state index contributed by atoms with van der Waals surface area (Å²) in [5, 5.41) is 7.43. The quantitative estimate of drug-likeness (QED) is 0.792. The highest BCUT2D eigenvalue weighted by Gasteiger charge is 2.02. The Kier molecular flexibility index (Phi) is 3.72. The summed E-state index contributed by atoms with van der Waals surface area (Å²) in [5.41, 5.74) is 8.59. The van der Waals surface area contributed by atoms with Crippen molar-refractivity contribution in [3.05, 3.63) is 36.2 Å². The SMILES string of the molecule is CCOc1cc(NCc2cnn(C)c2)ccc1N. The first-order valence-corrected chi connectivity index (χ1v) is 5.92. The van der Waals surface area contributed by atoms with E-state index < -0.39 is 0 Å². The topological polar surface area (TPSA) is 65.1 Å². The number of rotatable bonds is 5. The van der Waals surface area contributed by atoms with Crippen molar-refractivity contribution in [2.24, 2.45) is 7.05 Å². The zero-order valence-corrected chi connectivity index (χ0v) is 10.7. The van der Waals surface area contributed by atoms with Gasteiger partial charge in [-0.25, -0.2) is 0 Å². The third-order valence-corrected chi connectivity index (χ3v) is 2.57. The van der Waals surface area contributed by atoms with Crippen molar-refractivity contribution in [2.75, 3.05) is 17.7 Å². The van der Waals surface area contributed by atoms with E-state index in [1.165, 1.54) is 0 Å². The molecule has 2 aromatic rings. The summed E-state index contributed by atoms with van der Waals surface area (Å²) in [6.07, 6.45) is 3.82. The maximum absolute atomic E-state index is 5.82. The highest BCUT2D eigenvalue weighted by atomic mass is 16.5. The summed E-state index contributed by atoms with van der Waals surface area (Å²) in [7, 11) is 1.90. The predicted octanol–water partition coefficient (Wildman–Crippen LogP) is 2.01. The van der Waals surface area contributed by atoms with Gasteiger partial charge in [-0.2, -0.15) is 5.10 Å². The van der Waals surface area contributed by atoms with Gasteiger partial charge in [0.15, 0.2) is 0 Å². The minimum Gasteiger partial charge on any atom is -0.492 e. The summed E-state index contributed by atoms with van der Waals surface area (Å²) in [6, 6.07) is 5.69. The molecule has 0 aliphatic carbocycles. The van der Waals surface area contributed by atoms with E-state index in [1.54, 1.807) is 4.68 Å². The van der Waals surface area contributed by atoms with Gasteiger partial charge >= 0.3 is 0 Å². The fraction of sp³-hybridized carbons (Fsp3) is 0.308. The van der Waals surface area contributed by atoms with E-state index in [9.17, 15) is 0 Å². The Morgan fingerprint density at radius 3 is 2.94 bits per heavy atom. The second-order valence-electron chi connectivity index (χ2n) is 4.06. The lowest BCUT2D eigenvalue weighted by Gasteiger charge is -2.10. The van der Waals surface area contributed by atoms with Gasteiger partial charge in [0, 0.05) is 37.1 Å². The Morgan fingerprint density at radius 2 is 2.28 bits per heavy atom. The number of ether oxygens (including phenoxy) is 1. The van der Waals surface area contributed by atoms with Crippen LogP contribution >= 0.6 is 0 Å². The van der Waals surface area contributed by atoms with E-state index in [1.807, 2.05) is 44.6 Å². The summed E-state index contributed by atoms with van der Waals surface area (Å²) in [6.45, 7) is 3.27. The Morgan fingerprint density at radius 1 is 1.44 bits per heavy atom. The minimum atomic E-state index is 0.607. The molecule has 96 valence electrons. The van der Waals surface area contributed by atoms with Gasteiger partial charge in [0.2, 0.25) is 0 Å². The number of nitrogens with zero attached hydrogens (tertiary/aromatic N) is 2. The molecule has 2 rings (SSSR count). The molecule has 0 bridgehead atoms. The Bertz CT molecular complexity index is 521. The van der Waals surface area contributed by atoms with Crippen LogP contribution in [0.2, 0.25) is 0 Å². The molecule has 0 unspecified atom stereocenters. The second kappa shape index (κ2) is 5.44. The fourth-order valence-corrected chi connectivity index (χ4v) is 1.69. The molecule has 0 fully saturated rings. The van der Waals surface area contributed by atoms with E-state index in [-0.39, 0.29) is 0 Å². The standard InChI is InChI=1S/C13H18N4O/c1-3-18-13-6-11(4-5-12(13)14)15-7-10-8-16-17(2)9-10/h4-6,8-9,15H,3,7,14H2,1-2H3. The average Bonchev–Trinajstić information content (AvgIpc) is 2.76. The van der Waals surface area contributed by atoms with Crippen molar-refractivity contribution in [1.29, 1.82) is 0 Å². The fourth-order valence-electron chi connectivity index (χ4n) is 1.69. The van der Waals surface area contributed by atoms with Gasteiger partial charge in [-0.1, -0.05) is 0 Å². The van der Waals surface area contributed by atoms with E-state index >= 15 is 0 Å². The summed E-state index contributed by atoms with van der Waals surface area (Å²) in [5.74, 6) is 0.716. The highest BCUT2D eigenvalue weighted by molar-refractivity contribution is 5.61. The molecular weight excluding hydrogens is 228 g/mol. The van der Waals surface area contributed by atoms with E-state index in [4.69, 9.17) is 10.5 Å². The van der Waals surface area contributed by atoms with Gasteiger partial charge in [-0.05, 0) is 19.1 Å². The van der Waals surface area contributed by atoms with E-state index in [0.717, 1.165) is 17.8 Å². The van der Waals surface area contributed by atoms with Crippen LogP contribution in [-0.2, 0) is 13.6 Å². The smallest absolute Gasteiger partial charge is 0.144 e. The van der Waals surface area contributed by atoms with Crippen LogP contribution < -0.4 is 15.8 Å². The number of nitrogens with two attached hydrogens (primary N) is 1. The molecule has 3 N–H and O–H groups in total. The van der Waals surface area contributed by atoms with Crippen LogP contribution in [0.4, 0.5) is 11.4 Å². The largest absolute Gasteiger partial charge is 0.492 e. The number of anilines is 2. The number of hydrogen-bond donors (Lipinski definition) is 2. The van der Waals surface area contributed by atoms with E-state index in [0.29, 0.717) is 18.0 Å². The van der Waals surface area contributed by atoms with Gasteiger partial charge in [-0.15, -0.1) is 0 Å². The van der Waals surface area contributed by atoms with Gasteiger partial charge in [0.05, 0.1) is 18.5 Å². The summed E-state index contributed by atoms with van der Waals surface area (Å²) < 4.78 is 7.24. The van der Waals surface area contributed by atoms with Gasteiger partial charge < -0.3 is 15.8 Å². The molecule has 0 aliphatic rings. The molecule has 0 saturated heterocycles. The van der Waals surface area contributed by atoms with Crippen molar-refractivity contribution in [2.45, 2.75) is 13.5 Å². The average molecular weight is 246 g/mol. The molecule has 5 nitrogen and oxygen atoms in total. The van der Waals surface area contributed by atoms with E-state index in [2.05, 4.69) is 10.4 Å². The maximum Gasteiger partial charge on any atom is 0.144 e. The van der Waals surface area contributed by atoms with Gasteiger partial charge in [0.1, 0.15) is 5.75 Å². The maximum atomic E-state index is 5.82. The molecule has 1 aromatic heterocycles. The summed E-state index contributed by atoms with van der Waals surface area (Å²) >= 11 is 0. The first-order valence-electron chi connectivity index (χ1n) is 5.92. The van der Waals surface area contributed by atoms with Crippen LogP contribution in [0.15, 0.2) is 30.6 Å². The van der Waals surface area contributed by atoms with Gasteiger partial charge in [0.25, 0.3) is 0 Å². The molecule has 0 saturated carbocycles. The van der Waals surface area contributed by atoms with Crippen LogP contribution in [0.25, 0.3) is 0 Å². The normalized spacial score (nSPS) is 10.3. The Balaban J connectivity index is 2.03. The van der Waals surface area contributed by atoms with Crippen LogP contribution in [0, 0.1) is 0 Å². The molecule has 0 atom stereocenters. The molecule has 0 radical (unpaired) electrons. The van der Waals surface area contributed by atoms with Crippen molar-refractivity contribution in [3.63, 3.8) is 0 Å². The van der Waals surface area contributed by atoms with Crippen LogP contribution in [0.5, 0.6) is 5.75 Å².